The average Bonchev–Trinajstić information content (AvgIpc) is 3.57. The van der Waals surface area contributed by atoms with Gasteiger partial charge in [0.2, 0.25) is 5.95 Å². The van der Waals surface area contributed by atoms with E-state index in [2.05, 4.69) is 19.9 Å². The molecule has 0 unspecified atom stereocenters. The number of piperazine rings is 1. The van der Waals surface area contributed by atoms with Crippen LogP contribution in [0.2, 0.25) is 0 Å². The summed E-state index contributed by atoms with van der Waals surface area (Å²) in [6, 6.07) is 12.6. The highest BCUT2D eigenvalue weighted by Gasteiger charge is 2.25. The summed E-state index contributed by atoms with van der Waals surface area (Å²) in [7, 11) is 0. The van der Waals surface area contributed by atoms with Crippen molar-refractivity contribution in [3.8, 4) is 0 Å². The van der Waals surface area contributed by atoms with Crippen LogP contribution in [0.25, 0.3) is 16.7 Å². The Morgan fingerprint density at radius 1 is 0.882 bits per heavy atom. The molecular formula is C24H21N7O3. The first kappa shape index (κ1) is 20.2. The van der Waals surface area contributed by atoms with Gasteiger partial charge in [0.05, 0.1) is 12.1 Å². The molecule has 10 heteroatoms. The second-order valence-corrected chi connectivity index (χ2v) is 8.09. The summed E-state index contributed by atoms with van der Waals surface area (Å²) in [5, 5.41) is 0. The van der Waals surface area contributed by atoms with Crippen LogP contribution < -0.4 is 10.5 Å². The smallest absolute Gasteiger partial charge is 0.289 e. The van der Waals surface area contributed by atoms with E-state index in [4.69, 9.17) is 4.42 Å². The number of fused-ring (bicyclic) bond motifs is 3. The number of aromatic nitrogens is 5. The van der Waals surface area contributed by atoms with Crippen LogP contribution >= 0.6 is 0 Å². The molecule has 6 heterocycles. The van der Waals surface area contributed by atoms with Gasteiger partial charge in [0.25, 0.3) is 11.5 Å². The maximum atomic E-state index is 13.1. The van der Waals surface area contributed by atoms with E-state index in [1.54, 1.807) is 52.3 Å². The van der Waals surface area contributed by atoms with Crippen LogP contribution in [0.3, 0.4) is 0 Å². The highest BCUT2D eigenvalue weighted by molar-refractivity contribution is 5.91. The van der Waals surface area contributed by atoms with Crippen LogP contribution in [-0.2, 0) is 6.54 Å². The zero-order chi connectivity index (χ0) is 23.1. The second-order valence-electron chi connectivity index (χ2n) is 8.09. The molecular weight excluding hydrogens is 434 g/mol. The Morgan fingerprint density at radius 2 is 1.65 bits per heavy atom. The fourth-order valence-electron chi connectivity index (χ4n) is 4.38. The molecule has 6 rings (SSSR count). The van der Waals surface area contributed by atoms with Gasteiger partial charge in [-0.3, -0.25) is 14.2 Å². The third-order valence-corrected chi connectivity index (χ3v) is 6.08. The van der Waals surface area contributed by atoms with Gasteiger partial charge in [0.15, 0.2) is 11.4 Å². The van der Waals surface area contributed by atoms with Crippen LogP contribution in [0.5, 0.6) is 0 Å². The molecule has 1 fully saturated rings. The predicted molar refractivity (Wildman–Crippen MR) is 125 cm³/mol. The molecule has 0 aliphatic carbocycles. The van der Waals surface area contributed by atoms with Crippen molar-refractivity contribution in [2.24, 2.45) is 0 Å². The van der Waals surface area contributed by atoms with Gasteiger partial charge in [0, 0.05) is 51.0 Å². The van der Waals surface area contributed by atoms with E-state index in [1.165, 1.54) is 0 Å². The van der Waals surface area contributed by atoms with E-state index < -0.39 is 0 Å². The van der Waals surface area contributed by atoms with Crippen molar-refractivity contribution in [1.82, 2.24) is 28.8 Å². The molecule has 5 aromatic heterocycles. The van der Waals surface area contributed by atoms with Crippen molar-refractivity contribution in [3.63, 3.8) is 0 Å². The molecule has 0 bridgehead atoms. The lowest BCUT2D eigenvalue weighted by Gasteiger charge is -2.34. The maximum absolute atomic E-state index is 13.1. The first-order valence-electron chi connectivity index (χ1n) is 11.0. The molecule has 0 spiro atoms. The number of pyridine rings is 1. The molecule has 1 aliphatic rings. The number of hydrogen-bond acceptors (Lipinski definition) is 7. The van der Waals surface area contributed by atoms with Gasteiger partial charge >= 0.3 is 0 Å². The molecule has 0 atom stereocenters. The van der Waals surface area contributed by atoms with Crippen molar-refractivity contribution >= 4 is 28.5 Å². The Hall–Kier alpha value is -4.47. The van der Waals surface area contributed by atoms with Gasteiger partial charge in [-0.15, -0.1) is 0 Å². The third kappa shape index (κ3) is 3.40. The van der Waals surface area contributed by atoms with Gasteiger partial charge in [-0.2, -0.15) is 0 Å². The molecule has 1 aliphatic heterocycles. The molecule has 0 aromatic carbocycles. The van der Waals surface area contributed by atoms with Crippen LogP contribution in [0, 0.1) is 0 Å². The Bertz CT molecular complexity index is 1550. The minimum absolute atomic E-state index is 0.167. The van der Waals surface area contributed by atoms with E-state index in [9.17, 15) is 9.59 Å². The normalized spacial score (nSPS) is 14.2. The van der Waals surface area contributed by atoms with Crippen LogP contribution in [-0.4, -0.2) is 60.9 Å². The highest BCUT2D eigenvalue weighted by Crippen LogP contribution is 2.18. The third-order valence-electron chi connectivity index (χ3n) is 6.08. The molecule has 0 radical (unpaired) electrons. The maximum Gasteiger partial charge on any atom is 0.289 e. The van der Waals surface area contributed by atoms with E-state index >= 15 is 0 Å². The number of hydrogen-bond donors (Lipinski definition) is 0. The molecule has 1 amide bonds. The number of anilines is 1. The Kier molecular flexibility index (Phi) is 4.83. The fraction of sp³-hybridized carbons (Fsp3) is 0.208. The van der Waals surface area contributed by atoms with Crippen LogP contribution in [0.1, 0.15) is 16.3 Å². The average molecular weight is 455 g/mol. The van der Waals surface area contributed by atoms with E-state index in [0.717, 1.165) is 5.52 Å². The molecule has 0 saturated carbocycles. The molecule has 0 N–H and O–H groups in total. The van der Waals surface area contributed by atoms with Crippen LogP contribution in [0.15, 0.2) is 76.5 Å². The van der Waals surface area contributed by atoms with Crippen molar-refractivity contribution < 1.29 is 9.21 Å². The fourth-order valence-corrected chi connectivity index (χ4v) is 4.38. The standard InChI is InChI=1S/C24H21N7O3/c32-22-19-5-2-11-30(19)18-4-1-8-25-21(18)31(22)16-17-6-7-20(34-17)23(33)28-12-14-29(15-13-28)24-26-9-3-10-27-24/h1-11H,12-16H2. The van der Waals surface area contributed by atoms with Gasteiger partial charge in [0.1, 0.15) is 11.3 Å². The predicted octanol–water partition coefficient (Wildman–Crippen LogP) is 2.04. The summed E-state index contributed by atoms with van der Waals surface area (Å²) in [5.74, 6) is 1.27. The van der Waals surface area contributed by atoms with E-state index in [-0.39, 0.29) is 23.8 Å². The number of nitrogens with zero attached hydrogens (tertiary/aromatic N) is 7. The Labute approximate surface area is 193 Å². The lowest BCUT2D eigenvalue weighted by molar-refractivity contribution is 0.0712. The van der Waals surface area contributed by atoms with Crippen molar-refractivity contribution in [3.05, 3.63) is 89.1 Å². The first-order chi connectivity index (χ1) is 16.7. The molecule has 5 aromatic rings. The number of amides is 1. The monoisotopic (exact) mass is 455 g/mol. The Morgan fingerprint density at radius 3 is 2.47 bits per heavy atom. The lowest BCUT2D eigenvalue weighted by atomic mass is 10.3. The summed E-state index contributed by atoms with van der Waals surface area (Å²) in [6.07, 6.45) is 6.92. The minimum Gasteiger partial charge on any atom is -0.454 e. The number of furan rings is 1. The zero-order valence-electron chi connectivity index (χ0n) is 18.2. The summed E-state index contributed by atoms with van der Waals surface area (Å²) >= 11 is 0. The van der Waals surface area contributed by atoms with E-state index in [0.29, 0.717) is 49.1 Å². The molecule has 170 valence electrons. The minimum atomic E-state index is -0.169. The van der Waals surface area contributed by atoms with Gasteiger partial charge in [-0.25, -0.2) is 15.0 Å². The lowest BCUT2D eigenvalue weighted by Crippen LogP contribution is -2.49. The quantitative estimate of drug-likeness (QED) is 0.409. The summed E-state index contributed by atoms with van der Waals surface area (Å²) in [5.41, 5.74) is 1.77. The number of carbonyl (C=O) groups excluding carboxylic acids is 1. The molecule has 10 nitrogen and oxygen atoms in total. The van der Waals surface area contributed by atoms with Gasteiger partial charge in [-0.05, 0) is 42.5 Å². The van der Waals surface area contributed by atoms with E-state index in [1.807, 2.05) is 28.8 Å². The molecule has 34 heavy (non-hydrogen) atoms. The van der Waals surface area contributed by atoms with Crippen LogP contribution in [0.4, 0.5) is 5.95 Å². The largest absolute Gasteiger partial charge is 0.454 e. The topological polar surface area (TPSA) is 102 Å². The Balaban J connectivity index is 1.22. The van der Waals surface area contributed by atoms with Crippen molar-refractivity contribution in [2.75, 3.05) is 31.1 Å². The SMILES string of the molecule is O=C(c1ccc(Cn2c(=O)c3cccn3c3cccnc32)o1)N1CCN(c2ncccn2)CC1. The second kappa shape index (κ2) is 8.14. The summed E-state index contributed by atoms with van der Waals surface area (Å²) < 4.78 is 9.30. The number of rotatable bonds is 4. The van der Waals surface area contributed by atoms with Gasteiger partial charge < -0.3 is 18.6 Å². The first-order valence-corrected chi connectivity index (χ1v) is 11.0. The highest BCUT2D eigenvalue weighted by atomic mass is 16.4. The van der Waals surface area contributed by atoms with Crippen molar-refractivity contribution in [2.45, 2.75) is 6.54 Å². The number of carbonyl (C=O) groups is 1. The summed E-state index contributed by atoms with van der Waals surface area (Å²) in [6.45, 7) is 2.57. The summed E-state index contributed by atoms with van der Waals surface area (Å²) in [4.78, 5) is 42.9. The van der Waals surface area contributed by atoms with Gasteiger partial charge in [-0.1, -0.05) is 0 Å². The zero-order valence-corrected chi connectivity index (χ0v) is 18.2. The van der Waals surface area contributed by atoms with Crippen molar-refractivity contribution in [1.29, 1.82) is 0 Å². The molecule has 1 saturated heterocycles.